The third kappa shape index (κ3) is 3.78. The molecule has 17 heavy (non-hydrogen) atoms. The Hall–Kier alpha value is 0.110. The first-order chi connectivity index (χ1) is 8.19. The van der Waals surface area contributed by atoms with Gasteiger partial charge in [0.2, 0.25) is 0 Å². The number of alkyl halides is 1. The molecule has 0 saturated carbocycles. The minimum Gasteiger partial charge on any atom is -0.457 e. The van der Waals surface area contributed by atoms with Gasteiger partial charge in [-0.2, -0.15) is 0 Å². The van der Waals surface area contributed by atoms with E-state index < -0.39 is 0 Å². The second-order valence-corrected chi connectivity index (χ2v) is 5.95. The van der Waals surface area contributed by atoms with Gasteiger partial charge < -0.3 is 4.74 Å². The zero-order chi connectivity index (χ0) is 12.3. The predicted molar refractivity (Wildman–Crippen MR) is 83.4 cm³/mol. The van der Waals surface area contributed by atoms with E-state index in [9.17, 15) is 4.79 Å². The number of hydrogen-bond acceptors (Lipinski definition) is 3. The first-order valence-electron chi connectivity index (χ1n) is 5.44. The number of rotatable bonds is 3. The minimum atomic E-state index is -0.207. The van der Waals surface area contributed by atoms with Crippen LogP contribution in [0.2, 0.25) is 0 Å². The van der Waals surface area contributed by atoms with Crippen molar-refractivity contribution in [2.75, 3.05) is 17.6 Å². The van der Waals surface area contributed by atoms with Crippen LogP contribution in [0.3, 0.4) is 0 Å². The Morgan fingerprint density at radius 3 is 2.71 bits per heavy atom. The molecular formula is C12H13I2NO2. The van der Waals surface area contributed by atoms with Gasteiger partial charge in [-0.1, -0.05) is 22.6 Å². The predicted octanol–water partition coefficient (Wildman–Crippen LogP) is 2.91. The molecule has 0 spiro atoms. The average Bonchev–Trinajstić information content (AvgIpc) is 2.77. The molecule has 1 fully saturated rings. The highest BCUT2D eigenvalue weighted by Crippen LogP contribution is 2.16. The summed E-state index contributed by atoms with van der Waals surface area (Å²) in [6.45, 7) is 1.88. The average molecular weight is 457 g/mol. The summed E-state index contributed by atoms with van der Waals surface area (Å²) in [4.78, 5) is 14.1. The molecule has 1 aromatic carbocycles. The molecule has 1 aromatic rings. The SMILES string of the molecule is O=C(OC1CCN(CI)C1)c1ccc(I)cc1. The minimum absolute atomic E-state index is 0.0524. The first kappa shape index (κ1) is 13.5. The molecule has 1 aliphatic heterocycles. The van der Waals surface area contributed by atoms with Gasteiger partial charge in [0, 0.05) is 16.7 Å². The van der Waals surface area contributed by atoms with Crippen molar-refractivity contribution in [3.63, 3.8) is 0 Å². The first-order valence-corrected chi connectivity index (χ1v) is 8.04. The van der Waals surface area contributed by atoms with Crippen LogP contribution >= 0.6 is 45.2 Å². The Balaban J connectivity index is 1.91. The van der Waals surface area contributed by atoms with Crippen molar-refractivity contribution in [2.24, 2.45) is 0 Å². The molecule has 1 unspecified atom stereocenters. The summed E-state index contributed by atoms with van der Waals surface area (Å²) in [7, 11) is 0. The number of nitrogens with zero attached hydrogens (tertiary/aromatic N) is 1. The molecule has 0 bridgehead atoms. The lowest BCUT2D eigenvalue weighted by molar-refractivity contribution is 0.0326. The van der Waals surface area contributed by atoms with Gasteiger partial charge in [-0.05, 0) is 53.3 Å². The molecule has 1 saturated heterocycles. The Morgan fingerprint density at radius 1 is 1.41 bits per heavy atom. The van der Waals surface area contributed by atoms with Crippen LogP contribution in [0, 0.1) is 3.57 Å². The Morgan fingerprint density at radius 2 is 2.12 bits per heavy atom. The molecule has 3 nitrogen and oxygen atoms in total. The number of carbonyl (C=O) groups is 1. The highest BCUT2D eigenvalue weighted by atomic mass is 127. The van der Waals surface area contributed by atoms with Gasteiger partial charge in [-0.3, -0.25) is 4.90 Å². The van der Waals surface area contributed by atoms with Crippen molar-refractivity contribution < 1.29 is 9.53 Å². The van der Waals surface area contributed by atoms with E-state index in [2.05, 4.69) is 50.1 Å². The number of halogens is 2. The van der Waals surface area contributed by atoms with Crippen LogP contribution in [0.15, 0.2) is 24.3 Å². The van der Waals surface area contributed by atoms with Gasteiger partial charge in [0.05, 0.1) is 10.1 Å². The summed E-state index contributed by atoms with van der Waals surface area (Å²) < 4.78 is 7.60. The largest absolute Gasteiger partial charge is 0.457 e. The van der Waals surface area contributed by atoms with E-state index in [0.717, 1.165) is 27.6 Å². The maximum Gasteiger partial charge on any atom is 0.338 e. The van der Waals surface area contributed by atoms with Crippen molar-refractivity contribution in [3.05, 3.63) is 33.4 Å². The van der Waals surface area contributed by atoms with Crippen molar-refractivity contribution >= 4 is 51.2 Å². The molecule has 0 aliphatic carbocycles. The summed E-state index contributed by atoms with van der Waals surface area (Å²) in [6, 6.07) is 7.47. The highest BCUT2D eigenvalue weighted by Gasteiger charge is 2.25. The van der Waals surface area contributed by atoms with E-state index in [-0.39, 0.29) is 12.1 Å². The summed E-state index contributed by atoms with van der Waals surface area (Å²) in [6.07, 6.45) is 0.996. The summed E-state index contributed by atoms with van der Waals surface area (Å²) >= 11 is 4.55. The van der Waals surface area contributed by atoms with Gasteiger partial charge in [0.15, 0.2) is 0 Å². The number of benzene rings is 1. The van der Waals surface area contributed by atoms with Gasteiger partial charge >= 0.3 is 5.97 Å². The molecule has 1 heterocycles. The zero-order valence-electron chi connectivity index (χ0n) is 9.23. The van der Waals surface area contributed by atoms with E-state index in [4.69, 9.17) is 4.74 Å². The Bertz CT molecular complexity index is 394. The van der Waals surface area contributed by atoms with Crippen LogP contribution in [0.5, 0.6) is 0 Å². The fourth-order valence-corrected chi connectivity index (χ4v) is 2.79. The van der Waals surface area contributed by atoms with E-state index in [1.807, 2.05) is 24.3 Å². The molecule has 0 amide bonds. The van der Waals surface area contributed by atoms with Crippen LogP contribution in [0.1, 0.15) is 16.8 Å². The van der Waals surface area contributed by atoms with Gasteiger partial charge in [-0.25, -0.2) is 4.79 Å². The molecule has 2 rings (SSSR count). The highest BCUT2D eigenvalue weighted by molar-refractivity contribution is 14.1. The number of likely N-dealkylation sites (tertiary alicyclic amines) is 1. The van der Waals surface area contributed by atoms with Crippen molar-refractivity contribution in [3.8, 4) is 0 Å². The molecule has 5 heteroatoms. The number of ether oxygens (including phenoxy) is 1. The lowest BCUT2D eigenvalue weighted by atomic mass is 10.2. The topological polar surface area (TPSA) is 29.5 Å². The standard InChI is InChI=1S/C12H13I2NO2/c13-8-15-6-5-11(7-15)17-12(16)9-1-3-10(14)4-2-9/h1-4,11H,5-8H2. The third-order valence-electron chi connectivity index (χ3n) is 2.75. The molecule has 0 N–H and O–H groups in total. The summed E-state index contributed by atoms with van der Waals surface area (Å²) in [5, 5.41) is 0. The maximum absolute atomic E-state index is 11.9. The number of carbonyl (C=O) groups excluding carboxylic acids is 1. The van der Waals surface area contributed by atoms with Crippen LogP contribution in [-0.2, 0) is 4.74 Å². The van der Waals surface area contributed by atoms with E-state index in [1.165, 1.54) is 0 Å². The third-order valence-corrected chi connectivity index (χ3v) is 4.44. The molecular weight excluding hydrogens is 444 g/mol. The normalized spacial score (nSPS) is 20.5. The summed E-state index contributed by atoms with van der Waals surface area (Å²) in [5.74, 6) is -0.207. The van der Waals surface area contributed by atoms with Crippen LogP contribution < -0.4 is 0 Å². The lowest BCUT2D eigenvalue weighted by Gasteiger charge is -2.13. The van der Waals surface area contributed by atoms with Gasteiger partial charge in [0.25, 0.3) is 0 Å². The molecule has 0 radical (unpaired) electrons. The van der Waals surface area contributed by atoms with Crippen molar-refractivity contribution in [1.29, 1.82) is 0 Å². The molecule has 0 aromatic heterocycles. The summed E-state index contributed by atoms with van der Waals surface area (Å²) in [5.41, 5.74) is 0.637. The van der Waals surface area contributed by atoms with Crippen LogP contribution in [0.25, 0.3) is 0 Å². The fraction of sp³-hybridized carbons (Fsp3) is 0.417. The molecule has 92 valence electrons. The quantitative estimate of drug-likeness (QED) is 0.303. The van der Waals surface area contributed by atoms with Crippen molar-refractivity contribution in [1.82, 2.24) is 4.90 Å². The zero-order valence-corrected chi connectivity index (χ0v) is 13.5. The van der Waals surface area contributed by atoms with Gasteiger partial charge in [0.1, 0.15) is 6.10 Å². The Kier molecular flexibility index (Phi) is 5.04. The van der Waals surface area contributed by atoms with Crippen molar-refractivity contribution in [2.45, 2.75) is 12.5 Å². The van der Waals surface area contributed by atoms with Crippen LogP contribution in [-0.4, -0.2) is 34.6 Å². The van der Waals surface area contributed by atoms with Crippen LogP contribution in [0.4, 0.5) is 0 Å². The van der Waals surface area contributed by atoms with E-state index >= 15 is 0 Å². The monoisotopic (exact) mass is 457 g/mol. The number of hydrogen-bond donors (Lipinski definition) is 0. The second-order valence-electron chi connectivity index (χ2n) is 4.02. The lowest BCUT2D eigenvalue weighted by Crippen LogP contribution is -2.23. The van der Waals surface area contributed by atoms with Gasteiger partial charge in [-0.15, -0.1) is 0 Å². The molecule has 1 atom stereocenters. The van der Waals surface area contributed by atoms with E-state index in [1.54, 1.807) is 0 Å². The fourth-order valence-electron chi connectivity index (χ4n) is 1.81. The molecule has 1 aliphatic rings. The van der Waals surface area contributed by atoms with E-state index in [0.29, 0.717) is 5.56 Å². The maximum atomic E-state index is 11.9. The second kappa shape index (κ2) is 6.33. The Labute approximate surface area is 128 Å². The smallest absolute Gasteiger partial charge is 0.338 e. The number of esters is 1.